The van der Waals surface area contributed by atoms with Crippen LogP contribution in [0.25, 0.3) is 10.9 Å². The van der Waals surface area contributed by atoms with E-state index in [-0.39, 0.29) is 17.2 Å². The van der Waals surface area contributed by atoms with Gasteiger partial charge in [-0.2, -0.15) is 5.10 Å². The third-order valence-corrected chi connectivity index (χ3v) is 6.14. The van der Waals surface area contributed by atoms with Gasteiger partial charge in [-0.1, -0.05) is 50.1 Å². The summed E-state index contributed by atoms with van der Waals surface area (Å²) in [7, 11) is 1.85. The summed E-state index contributed by atoms with van der Waals surface area (Å²) in [6, 6.07) is 7.37. The summed E-state index contributed by atoms with van der Waals surface area (Å²) in [5.74, 6) is 0.0344. The van der Waals surface area contributed by atoms with E-state index in [1.807, 2.05) is 45.2 Å². The Morgan fingerprint density at radius 1 is 1.17 bits per heavy atom. The highest BCUT2D eigenvalue weighted by Gasteiger charge is 2.16. The number of amides is 1. The molecule has 1 aromatic carbocycles. The number of para-hydroxylation sites is 1. The van der Waals surface area contributed by atoms with Gasteiger partial charge in [0, 0.05) is 13.6 Å². The Labute approximate surface area is 180 Å². The molecule has 0 radical (unpaired) electrons. The third-order valence-electron chi connectivity index (χ3n) is 5.17. The molecule has 0 aliphatic rings. The lowest BCUT2D eigenvalue weighted by atomic mass is 10.2. The number of anilines is 1. The summed E-state index contributed by atoms with van der Waals surface area (Å²) in [4.78, 5) is 30.3. The lowest BCUT2D eigenvalue weighted by Gasteiger charge is -2.13. The van der Waals surface area contributed by atoms with Gasteiger partial charge in [-0.15, -0.1) is 0 Å². The summed E-state index contributed by atoms with van der Waals surface area (Å²) >= 11 is 1.30. The van der Waals surface area contributed by atoms with E-state index >= 15 is 0 Å². The summed E-state index contributed by atoms with van der Waals surface area (Å²) in [6.07, 6.45) is 4.27. The maximum Gasteiger partial charge on any atom is 0.262 e. The van der Waals surface area contributed by atoms with E-state index in [0.717, 1.165) is 42.8 Å². The Morgan fingerprint density at radius 2 is 1.93 bits per heavy atom. The zero-order valence-electron chi connectivity index (χ0n) is 18.1. The van der Waals surface area contributed by atoms with Crippen molar-refractivity contribution in [1.29, 1.82) is 0 Å². The Hall–Kier alpha value is -2.61. The summed E-state index contributed by atoms with van der Waals surface area (Å²) < 4.78 is 3.47. The first-order valence-corrected chi connectivity index (χ1v) is 11.3. The van der Waals surface area contributed by atoms with Crippen molar-refractivity contribution >= 4 is 34.3 Å². The second kappa shape index (κ2) is 9.93. The molecule has 0 atom stereocenters. The normalized spacial score (nSPS) is 11.2. The second-order valence-corrected chi connectivity index (χ2v) is 8.38. The van der Waals surface area contributed by atoms with Crippen LogP contribution in [0.5, 0.6) is 0 Å². The Kier molecular flexibility index (Phi) is 7.31. The molecular weight excluding hydrogens is 398 g/mol. The van der Waals surface area contributed by atoms with Crippen molar-refractivity contribution in [3.8, 4) is 0 Å². The maximum absolute atomic E-state index is 13.0. The molecule has 0 aliphatic carbocycles. The van der Waals surface area contributed by atoms with Crippen molar-refractivity contribution in [2.75, 3.05) is 11.1 Å². The molecule has 0 spiro atoms. The van der Waals surface area contributed by atoms with Gasteiger partial charge in [0.1, 0.15) is 0 Å². The molecule has 160 valence electrons. The van der Waals surface area contributed by atoms with Crippen molar-refractivity contribution in [2.45, 2.75) is 58.2 Å². The minimum atomic E-state index is -0.140. The number of rotatable bonds is 9. The van der Waals surface area contributed by atoms with E-state index in [1.165, 1.54) is 11.8 Å². The van der Waals surface area contributed by atoms with E-state index < -0.39 is 0 Å². The first kappa shape index (κ1) is 22.1. The fourth-order valence-corrected chi connectivity index (χ4v) is 4.24. The summed E-state index contributed by atoms with van der Waals surface area (Å²) in [6.45, 7) is 6.56. The van der Waals surface area contributed by atoms with Crippen molar-refractivity contribution < 1.29 is 4.79 Å². The van der Waals surface area contributed by atoms with Gasteiger partial charge in [0.2, 0.25) is 5.91 Å². The van der Waals surface area contributed by atoms with Gasteiger partial charge in [-0.25, -0.2) is 4.98 Å². The molecule has 3 aromatic rings. The van der Waals surface area contributed by atoms with Gasteiger partial charge in [-0.3, -0.25) is 18.8 Å². The standard InChI is InChI=1S/C22H29N5O2S/c1-5-6-7-10-13-27-21(29)17-11-8-9-12-18(17)23-22(27)30-14-19(28)24-20-15(2)25-26(4)16(20)3/h8-9,11-12H,5-7,10,13-14H2,1-4H3,(H,24,28). The number of hydrogen-bond acceptors (Lipinski definition) is 5. The van der Waals surface area contributed by atoms with E-state index in [0.29, 0.717) is 22.6 Å². The number of carbonyl (C=O) groups excluding carboxylic acids is 1. The smallest absolute Gasteiger partial charge is 0.262 e. The predicted molar refractivity (Wildman–Crippen MR) is 122 cm³/mol. The molecule has 0 bridgehead atoms. The predicted octanol–water partition coefficient (Wildman–Crippen LogP) is 4.06. The molecule has 0 fully saturated rings. The monoisotopic (exact) mass is 427 g/mol. The molecule has 0 unspecified atom stereocenters. The van der Waals surface area contributed by atoms with Crippen LogP contribution < -0.4 is 10.9 Å². The number of unbranched alkanes of at least 4 members (excludes halogenated alkanes) is 3. The molecule has 1 amide bonds. The van der Waals surface area contributed by atoms with Crippen LogP contribution in [0.3, 0.4) is 0 Å². The average Bonchev–Trinajstić information content (AvgIpc) is 2.97. The molecule has 0 aliphatic heterocycles. The van der Waals surface area contributed by atoms with Crippen LogP contribution in [0.2, 0.25) is 0 Å². The highest BCUT2D eigenvalue weighted by atomic mass is 32.2. The van der Waals surface area contributed by atoms with Crippen molar-refractivity contribution in [2.24, 2.45) is 7.05 Å². The Balaban J connectivity index is 1.79. The zero-order chi connectivity index (χ0) is 21.7. The zero-order valence-corrected chi connectivity index (χ0v) is 18.9. The number of thioether (sulfide) groups is 1. The SMILES string of the molecule is CCCCCCn1c(SCC(=O)Nc2c(C)nn(C)c2C)nc2ccccc2c1=O. The summed E-state index contributed by atoms with van der Waals surface area (Å²) in [5, 5.41) is 8.47. The molecule has 2 heterocycles. The fraction of sp³-hybridized carbons (Fsp3) is 0.455. The highest BCUT2D eigenvalue weighted by molar-refractivity contribution is 7.99. The second-order valence-electron chi connectivity index (χ2n) is 7.44. The first-order chi connectivity index (χ1) is 14.4. The van der Waals surface area contributed by atoms with E-state index in [4.69, 9.17) is 0 Å². The number of benzene rings is 1. The van der Waals surface area contributed by atoms with Gasteiger partial charge >= 0.3 is 0 Å². The molecule has 2 aromatic heterocycles. The fourth-order valence-electron chi connectivity index (χ4n) is 3.41. The lowest BCUT2D eigenvalue weighted by Crippen LogP contribution is -2.24. The molecule has 30 heavy (non-hydrogen) atoms. The highest BCUT2D eigenvalue weighted by Crippen LogP contribution is 2.21. The first-order valence-electron chi connectivity index (χ1n) is 10.3. The lowest BCUT2D eigenvalue weighted by molar-refractivity contribution is -0.113. The minimum absolute atomic E-state index is 0.0426. The van der Waals surface area contributed by atoms with Gasteiger partial charge in [0.15, 0.2) is 5.16 Å². The van der Waals surface area contributed by atoms with Crippen LogP contribution in [0.15, 0.2) is 34.2 Å². The van der Waals surface area contributed by atoms with Gasteiger partial charge in [0.25, 0.3) is 5.56 Å². The van der Waals surface area contributed by atoms with Gasteiger partial charge < -0.3 is 5.32 Å². The molecule has 7 nitrogen and oxygen atoms in total. The quantitative estimate of drug-likeness (QED) is 0.316. The largest absolute Gasteiger partial charge is 0.322 e. The number of nitrogens with zero attached hydrogens (tertiary/aromatic N) is 4. The number of fused-ring (bicyclic) bond motifs is 1. The third kappa shape index (κ3) is 4.92. The van der Waals surface area contributed by atoms with Crippen LogP contribution in [0.1, 0.15) is 44.0 Å². The van der Waals surface area contributed by atoms with E-state index in [2.05, 4.69) is 22.3 Å². The molecular formula is C22H29N5O2S. The molecule has 0 saturated carbocycles. The van der Waals surface area contributed by atoms with E-state index in [9.17, 15) is 9.59 Å². The van der Waals surface area contributed by atoms with Crippen LogP contribution in [0, 0.1) is 13.8 Å². The van der Waals surface area contributed by atoms with E-state index in [1.54, 1.807) is 9.25 Å². The number of nitrogens with one attached hydrogen (secondary N) is 1. The number of aromatic nitrogens is 4. The topological polar surface area (TPSA) is 81.8 Å². The van der Waals surface area contributed by atoms with Crippen molar-refractivity contribution in [1.82, 2.24) is 19.3 Å². The minimum Gasteiger partial charge on any atom is -0.322 e. The number of carbonyl (C=O) groups is 1. The number of aryl methyl sites for hydroxylation is 2. The Bertz CT molecular complexity index is 1100. The van der Waals surface area contributed by atoms with Crippen LogP contribution in [-0.2, 0) is 18.4 Å². The molecule has 1 N–H and O–H groups in total. The average molecular weight is 428 g/mol. The molecule has 0 saturated heterocycles. The van der Waals surface area contributed by atoms with Gasteiger partial charge in [0.05, 0.1) is 33.7 Å². The van der Waals surface area contributed by atoms with Gasteiger partial charge in [-0.05, 0) is 32.4 Å². The van der Waals surface area contributed by atoms with Crippen molar-refractivity contribution in [3.63, 3.8) is 0 Å². The molecule has 8 heteroatoms. The van der Waals surface area contributed by atoms with Crippen molar-refractivity contribution in [3.05, 3.63) is 46.0 Å². The number of hydrogen-bond donors (Lipinski definition) is 1. The Morgan fingerprint density at radius 3 is 2.63 bits per heavy atom. The van der Waals surface area contributed by atoms with Crippen LogP contribution in [0.4, 0.5) is 5.69 Å². The molecule has 3 rings (SSSR count). The van der Waals surface area contributed by atoms with Crippen LogP contribution in [-0.4, -0.2) is 31.0 Å². The maximum atomic E-state index is 13.0. The summed E-state index contributed by atoms with van der Waals surface area (Å²) in [5.41, 5.74) is 3.05. The van der Waals surface area contributed by atoms with Crippen LogP contribution >= 0.6 is 11.8 Å².